The highest BCUT2D eigenvalue weighted by Crippen LogP contribution is 1.90. The van der Waals surface area contributed by atoms with Crippen LogP contribution in [-0.4, -0.2) is 56.7 Å². The van der Waals surface area contributed by atoms with E-state index < -0.39 is 10.1 Å². The van der Waals surface area contributed by atoms with E-state index in [4.69, 9.17) is 4.55 Å². The van der Waals surface area contributed by atoms with E-state index in [-0.39, 0.29) is 11.7 Å². The molecule has 0 aromatic heterocycles. The van der Waals surface area contributed by atoms with E-state index in [2.05, 4.69) is 11.9 Å². The maximum Gasteiger partial charge on any atom is 0.264 e. The highest BCUT2D eigenvalue weighted by Gasteiger charge is 2.02. The Labute approximate surface area is 116 Å². The first-order chi connectivity index (χ1) is 8.61. The average molecular weight is 294 g/mol. The molecule has 114 valence electrons. The lowest BCUT2D eigenvalue weighted by atomic mass is 10.3. The number of rotatable bonds is 7. The molecule has 0 fully saturated rings. The van der Waals surface area contributed by atoms with Gasteiger partial charge in [0.25, 0.3) is 10.1 Å². The third-order valence-corrected chi connectivity index (χ3v) is 2.76. The number of hydrogen-bond donors (Lipinski definition) is 2. The summed E-state index contributed by atoms with van der Waals surface area (Å²) < 4.78 is 28.7. The van der Waals surface area contributed by atoms with Crippen molar-refractivity contribution in [2.24, 2.45) is 0 Å². The number of hydrogen-bond acceptors (Lipinski definition) is 4. The Morgan fingerprint density at radius 3 is 2.11 bits per heavy atom. The second-order valence-electron chi connectivity index (χ2n) is 4.37. The molecular formula is C12H26N2O4S. The van der Waals surface area contributed by atoms with E-state index in [1.807, 2.05) is 6.92 Å². The number of nitrogens with one attached hydrogen (secondary N) is 1. The van der Waals surface area contributed by atoms with Gasteiger partial charge in [-0.25, -0.2) is 0 Å². The molecule has 19 heavy (non-hydrogen) atoms. The normalized spacial score (nSPS) is 10.4. The van der Waals surface area contributed by atoms with Crippen LogP contribution in [0.5, 0.6) is 0 Å². The first-order valence-corrected chi connectivity index (χ1v) is 7.75. The van der Waals surface area contributed by atoms with Crippen LogP contribution in [0.4, 0.5) is 0 Å². The second-order valence-corrected chi connectivity index (χ2v) is 5.94. The lowest BCUT2D eigenvalue weighted by molar-refractivity contribution is -0.124. The Bertz CT molecular complexity index is 364. The van der Waals surface area contributed by atoms with Crippen LogP contribution in [0.1, 0.15) is 26.7 Å². The van der Waals surface area contributed by atoms with Gasteiger partial charge in [0.2, 0.25) is 5.91 Å². The Balaban J connectivity index is 0. The van der Waals surface area contributed by atoms with Crippen molar-refractivity contribution in [3.8, 4) is 0 Å². The highest BCUT2D eigenvalue weighted by molar-refractivity contribution is 7.85. The number of carbonyl (C=O) groups excluding carboxylic acids is 1. The largest absolute Gasteiger partial charge is 0.345 e. The minimum atomic E-state index is -3.75. The summed E-state index contributed by atoms with van der Waals surface area (Å²) in [7, 11) is -0.341. The van der Waals surface area contributed by atoms with Gasteiger partial charge in [-0.3, -0.25) is 9.35 Å². The summed E-state index contributed by atoms with van der Waals surface area (Å²) >= 11 is 0. The zero-order valence-corrected chi connectivity index (χ0v) is 13.1. The molecule has 0 aliphatic rings. The summed E-state index contributed by atoms with van der Waals surface area (Å²) in [5.74, 6) is -0.158. The van der Waals surface area contributed by atoms with Crippen LogP contribution in [0.3, 0.4) is 0 Å². The van der Waals surface area contributed by atoms with Crippen LogP contribution in [0.25, 0.3) is 0 Å². The van der Waals surface area contributed by atoms with E-state index in [0.717, 1.165) is 13.0 Å². The maximum absolute atomic E-state index is 10.7. The molecule has 0 radical (unpaired) electrons. The highest BCUT2D eigenvalue weighted by atomic mass is 32.2. The molecular weight excluding hydrogens is 268 g/mol. The minimum Gasteiger partial charge on any atom is -0.345 e. The molecule has 2 N–H and O–H groups in total. The predicted molar refractivity (Wildman–Crippen MR) is 77.7 cm³/mol. The molecule has 7 heteroatoms. The van der Waals surface area contributed by atoms with Gasteiger partial charge >= 0.3 is 0 Å². The van der Waals surface area contributed by atoms with Crippen LogP contribution in [-0.2, 0) is 14.9 Å². The molecule has 0 bridgehead atoms. The Morgan fingerprint density at radius 1 is 1.32 bits per heavy atom. The van der Waals surface area contributed by atoms with Crippen molar-refractivity contribution in [1.29, 1.82) is 0 Å². The smallest absolute Gasteiger partial charge is 0.264 e. The second kappa shape index (κ2) is 11.0. The molecule has 0 unspecified atom stereocenters. The molecule has 0 rings (SSSR count). The summed E-state index contributed by atoms with van der Waals surface area (Å²) in [6.07, 6.45) is 1.50. The van der Waals surface area contributed by atoms with E-state index >= 15 is 0 Å². The molecule has 0 aliphatic heterocycles. The average Bonchev–Trinajstić information content (AvgIpc) is 2.27. The number of nitrogens with zero attached hydrogens (tertiary/aromatic N) is 1. The summed E-state index contributed by atoms with van der Waals surface area (Å²) in [5.41, 5.74) is 0.579. The van der Waals surface area contributed by atoms with Gasteiger partial charge in [-0.15, -0.1) is 0 Å². The molecule has 0 heterocycles. The Hall–Kier alpha value is -0.920. The van der Waals surface area contributed by atoms with Gasteiger partial charge in [-0.1, -0.05) is 13.5 Å². The summed E-state index contributed by atoms with van der Waals surface area (Å²) in [6.45, 7) is 8.76. The SMILES string of the molecule is C=C(C)C(=O)N(C)C.CCCNCCCS(=O)(=O)O. The van der Waals surface area contributed by atoms with Crippen molar-refractivity contribution in [2.45, 2.75) is 26.7 Å². The Kier molecular flexibility index (Phi) is 11.8. The fourth-order valence-electron chi connectivity index (χ4n) is 1.06. The predicted octanol–water partition coefficient (Wildman–Crippen LogP) is 0.915. The van der Waals surface area contributed by atoms with Crippen LogP contribution < -0.4 is 5.32 Å². The van der Waals surface area contributed by atoms with Crippen molar-refractivity contribution >= 4 is 16.0 Å². The fourth-order valence-corrected chi connectivity index (χ4v) is 1.57. The van der Waals surface area contributed by atoms with Crippen molar-refractivity contribution in [3.63, 3.8) is 0 Å². The third kappa shape index (κ3) is 17.1. The molecule has 0 aromatic carbocycles. The summed E-state index contributed by atoms with van der Waals surface area (Å²) in [5, 5.41) is 3.03. The van der Waals surface area contributed by atoms with Gasteiger partial charge in [0.1, 0.15) is 0 Å². The molecule has 0 aromatic rings. The molecule has 0 saturated carbocycles. The quantitative estimate of drug-likeness (QED) is 0.414. The maximum atomic E-state index is 10.7. The lowest BCUT2D eigenvalue weighted by Crippen LogP contribution is -2.21. The van der Waals surface area contributed by atoms with Gasteiger partial charge in [0.05, 0.1) is 5.75 Å². The standard InChI is InChI=1S/C6H15NO3S.C6H11NO/c1-2-4-7-5-3-6-11(8,9)10;1-5(2)6(8)7(3)4/h7H,2-6H2,1H3,(H,8,9,10);1H2,2-4H3. The first kappa shape index (κ1) is 20.4. The minimum absolute atomic E-state index is 0.00926. The number of amides is 1. The van der Waals surface area contributed by atoms with Crippen LogP contribution in [0, 0.1) is 0 Å². The van der Waals surface area contributed by atoms with E-state index in [0.29, 0.717) is 18.5 Å². The molecule has 6 nitrogen and oxygen atoms in total. The van der Waals surface area contributed by atoms with Crippen LogP contribution >= 0.6 is 0 Å². The summed E-state index contributed by atoms with van der Waals surface area (Å²) in [6, 6.07) is 0. The zero-order valence-electron chi connectivity index (χ0n) is 12.3. The van der Waals surface area contributed by atoms with E-state index in [9.17, 15) is 13.2 Å². The van der Waals surface area contributed by atoms with Crippen molar-refractivity contribution < 1.29 is 17.8 Å². The summed E-state index contributed by atoms with van der Waals surface area (Å²) in [4.78, 5) is 12.2. The topological polar surface area (TPSA) is 86.7 Å². The lowest BCUT2D eigenvalue weighted by Gasteiger charge is -2.07. The van der Waals surface area contributed by atoms with Crippen LogP contribution in [0.2, 0.25) is 0 Å². The van der Waals surface area contributed by atoms with Crippen molar-refractivity contribution in [3.05, 3.63) is 12.2 Å². The molecule has 1 amide bonds. The van der Waals surface area contributed by atoms with Gasteiger partial charge in [-0.05, 0) is 32.9 Å². The van der Waals surface area contributed by atoms with Crippen LogP contribution in [0.15, 0.2) is 12.2 Å². The first-order valence-electron chi connectivity index (χ1n) is 6.14. The van der Waals surface area contributed by atoms with E-state index in [1.165, 1.54) is 4.90 Å². The monoisotopic (exact) mass is 294 g/mol. The molecule has 0 aliphatic carbocycles. The van der Waals surface area contributed by atoms with Gasteiger partial charge in [-0.2, -0.15) is 8.42 Å². The molecule has 0 spiro atoms. The van der Waals surface area contributed by atoms with Gasteiger partial charge in [0, 0.05) is 19.7 Å². The zero-order chi connectivity index (χ0) is 15.5. The Morgan fingerprint density at radius 2 is 1.84 bits per heavy atom. The number of likely N-dealkylation sites (N-methyl/N-ethyl adjacent to an activating group) is 1. The van der Waals surface area contributed by atoms with Crippen molar-refractivity contribution in [1.82, 2.24) is 10.2 Å². The van der Waals surface area contributed by atoms with E-state index in [1.54, 1.807) is 21.0 Å². The van der Waals surface area contributed by atoms with Crippen molar-refractivity contribution in [2.75, 3.05) is 32.9 Å². The molecule has 0 saturated heterocycles. The van der Waals surface area contributed by atoms with Gasteiger partial charge in [0.15, 0.2) is 0 Å². The number of carbonyl (C=O) groups is 1. The molecule has 0 atom stereocenters. The van der Waals surface area contributed by atoms with Gasteiger partial charge < -0.3 is 10.2 Å². The third-order valence-electron chi connectivity index (χ3n) is 1.95. The fraction of sp³-hybridized carbons (Fsp3) is 0.750.